The van der Waals surface area contributed by atoms with Gasteiger partial charge in [-0.15, -0.1) is 0 Å². The molecular weight excluding hydrogens is 340 g/mol. The van der Waals surface area contributed by atoms with Crippen molar-refractivity contribution in [2.45, 2.75) is 58.1 Å². The van der Waals surface area contributed by atoms with Crippen molar-refractivity contribution in [3.63, 3.8) is 0 Å². The molecule has 2 heterocycles. The molecule has 1 aromatic carbocycles. The highest BCUT2D eigenvalue weighted by molar-refractivity contribution is 5.78. The Kier molecular flexibility index (Phi) is 6.43. The molecule has 0 spiro atoms. The minimum atomic E-state index is -0.00667. The maximum atomic E-state index is 12.6. The molecule has 2 fully saturated rings. The number of morpholine rings is 1. The van der Waals surface area contributed by atoms with Crippen LogP contribution in [0, 0.1) is 0 Å². The van der Waals surface area contributed by atoms with Crippen LogP contribution in [0.25, 0.3) is 0 Å². The van der Waals surface area contributed by atoms with Crippen molar-refractivity contribution in [2.24, 2.45) is 0 Å². The lowest BCUT2D eigenvalue weighted by Crippen LogP contribution is -2.52. The van der Waals surface area contributed by atoms with Crippen molar-refractivity contribution in [3.05, 3.63) is 29.8 Å². The smallest absolute Gasteiger partial charge is 0.260 e. The molecule has 1 aromatic rings. The standard InChI is InChI=1S/C22H34N2O3/c1-17-15-24(13-14-26-17)18-9-11-23(12-10-18)21(25)16-27-20-8-6-5-7-19(20)22(2,3)4/h5-8,17-18H,9-16H2,1-4H3. The second-order valence-electron chi connectivity index (χ2n) is 8.82. The molecule has 0 saturated carbocycles. The van der Waals surface area contributed by atoms with E-state index in [-0.39, 0.29) is 17.9 Å². The average Bonchev–Trinajstić information content (AvgIpc) is 2.66. The molecule has 0 aromatic heterocycles. The average molecular weight is 375 g/mol. The van der Waals surface area contributed by atoms with E-state index in [1.165, 1.54) is 0 Å². The predicted octanol–water partition coefficient (Wildman–Crippen LogP) is 3.07. The van der Waals surface area contributed by atoms with Crippen molar-refractivity contribution in [1.29, 1.82) is 0 Å². The molecule has 27 heavy (non-hydrogen) atoms. The van der Waals surface area contributed by atoms with E-state index in [1.807, 2.05) is 23.1 Å². The maximum Gasteiger partial charge on any atom is 0.260 e. The van der Waals surface area contributed by atoms with Crippen LogP contribution < -0.4 is 4.74 Å². The zero-order valence-electron chi connectivity index (χ0n) is 17.2. The third-order valence-electron chi connectivity index (χ3n) is 5.65. The summed E-state index contributed by atoms with van der Waals surface area (Å²) in [5.74, 6) is 0.906. The number of nitrogens with zero attached hydrogens (tertiary/aromatic N) is 2. The number of amides is 1. The predicted molar refractivity (Wildman–Crippen MR) is 107 cm³/mol. The first-order chi connectivity index (χ1) is 12.8. The number of hydrogen-bond donors (Lipinski definition) is 0. The Morgan fingerprint density at radius 2 is 1.89 bits per heavy atom. The number of para-hydroxylation sites is 1. The Bertz CT molecular complexity index is 633. The molecule has 0 bridgehead atoms. The molecular formula is C22H34N2O3. The fourth-order valence-electron chi connectivity index (χ4n) is 4.10. The molecule has 150 valence electrons. The molecule has 1 amide bonds. The lowest BCUT2D eigenvalue weighted by molar-refractivity contribution is -0.135. The Morgan fingerprint density at radius 1 is 1.19 bits per heavy atom. The van der Waals surface area contributed by atoms with E-state index < -0.39 is 0 Å². The van der Waals surface area contributed by atoms with Gasteiger partial charge >= 0.3 is 0 Å². The lowest BCUT2D eigenvalue weighted by Gasteiger charge is -2.41. The zero-order chi connectivity index (χ0) is 19.4. The van der Waals surface area contributed by atoms with Gasteiger partial charge < -0.3 is 14.4 Å². The number of carbonyl (C=O) groups is 1. The molecule has 0 aliphatic carbocycles. The zero-order valence-corrected chi connectivity index (χ0v) is 17.2. The molecule has 5 heteroatoms. The van der Waals surface area contributed by atoms with Crippen molar-refractivity contribution in [3.8, 4) is 5.75 Å². The van der Waals surface area contributed by atoms with Gasteiger partial charge in [0.1, 0.15) is 5.75 Å². The third-order valence-corrected chi connectivity index (χ3v) is 5.65. The van der Waals surface area contributed by atoms with Crippen LogP contribution in [0.1, 0.15) is 46.1 Å². The quantitative estimate of drug-likeness (QED) is 0.812. The van der Waals surface area contributed by atoms with E-state index >= 15 is 0 Å². The van der Waals surface area contributed by atoms with Crippen molar-refractivity contribution < 1.29 is 14.3 Å². The van der Waals surface area contributed by atoms with Gasteiger partial charge in [-0.25, -0.2) is 0 Å². The summed E-state index contributed by atoms with van der Waals surface area (Å²) in [5.41, 5.74) is 1.13. The van der Waals surface area contributed by atoms with Crippen LogP contribution in [0.3, 0.4) is 0 Å². The van der Waals surface area contributed by atoms with E-state index in [1.54, 1.807) is 0 Å². The van der Waals surface area contributed by atoms with Crippen molar-refractivity contribution in [2.75, 3.05) is 39.4 Å². The number of benzene rings is 1. The molecule has 3 rings (SSSR count). The third kappa shape index (κ3) is 5.23. The second-order valence-corrected chi connectivity index (χ2v) is 8.82. The molecule has 1 unspecified atom stereocenters. The topological polar surface area (TPSA) is 42.0 Å². The van der Waals surface area contributed by atoms with Crippen LogP contribution in [0.5, 0.6) is 5.75 Å². The van der Waals surface area contributed by atoms with E-state index in [2.05, 4.69) is 38.7 Å². The summed E-state index contributed by atoms with van der Waals surface area (Å²) in [6.07, 6.45) is 2.39. The van der Waals surface area contributed by atoms with Crippen molar-refractivity contribution in [1.82, 2.24) is 9.80 Å². The Morgan fingerprint density at radius 3 is 2.56 bits per heavy atom. The van der Waals surface area contributed by atoms with E-state index in [9.17, 15) is 4.79 Å². The van der Waals surface area contributed by atoms with Crippen LogP contribution in [-0.2, 0) is 14.9 Å². The van der Waals surface area contributed by atoms with Gasteiger partial charge in [0.05, 0.1) is 12.7 Å². The van der Waals surface area contributed by atoms with E-state index in [0.717, 1.165) is 56.9 Å². The minimum Gasteiger partial charge on any atom is -0.483 e. The fourth-order valence-corrected chi connectivity index (χ4v) is 4.10. The molecule has 2 aliphatic rings. The molecule has 0 radical (unpaired) electrons. The summed E-state index contributed by atoms with van der Waals surface area (Å²) in [6, 6.07) is 8.59. The summed E-state index contributed by atoms with van der Waals surface area (Å²) in [6.45, 7) is 13.2. The van der Waals surface area contributed by atoms with Crippen LogP contribution in [0.15, 0.2) is 24.3 Å². The number of ether oxygens (including phenoxy) is 2. The van der Waals surface area contributed by atoms with Gasteiger partial charge in [-0.3, -0.25) is 9.69 Å². The highest BCUT2D eigenvalue weighted by Crippen LogP contribution is 2.31. The maximum absolute atomic E-state index is 12.6. The largest absolute Gasteiger partial charge is 0.483 e. The Balaban J connectivity index is 1.49. The Hall–Kier alpha value is -1.59. The summed E-state index contributed by atoms with van der Waals surface area (Å²) in [4.78, 5) is 17.1. The van der Waals surface area contributed by atoms with Crippen LogP contribution in [0.2, 0.25) is 0 Å². The normalized spacial score (nSPS) is 22.7. The summed E-state index contributed by atoms with van der Waals surface area (Å²) in [5, 5.41) is 0. The number of piperidine rings is 1. The first kappa shape index (κ1) is 20.2. The first-order valence-electron chi connectivity index (χ1n) is 10.2. The number of likely N-dealkylation sites (tertiary alicyclic amines) is 1. The number of rotatable bonds is 4. The molecule has 5 nitrogen and oxygen atoms in total. The summed E-state index contributed by atoms with van der Waals surface area (Å²) < 4.78 is 11.6. The lowest BCUT2D eigenvalue weighted by atomic mass is 9.86. The minimum absolute atomic E-state index is 0.00667. The SMILES string of the molecule is CC1CN(C2CCN(C(=O)COc3ccccc3C(C)(C)C)CC2)CCO1. The van der Waals surface area contributed by atoms with E-state index in [0.29, 0.717) is 12.1 Å². The van der Waals surface area contributed by atoms with Gasteiger partial charge in [0.25, 0.3) is 5.91 Å². The van der Waals surface area contributed by atoms with Gasteiger partial charge in [-0.2, -0.15) is 0 Å². The van der Waals surface area contributed by atoms with Crippen LogP contribution >= 0.6 is 0 Å². The molecule has 1 atom stereocenters. The molecule has 2 aliphatic heterocycles. The fraction of sp³-hybridized carbons (Fsp3) is 0.682. The number of hydrogen-bond acceptors (Lipinski definition) is 4. The summed E-state index contributed by atoms with van der Waals surface area (Å²) >= 11 is 0. The Labute approximate surface area is 163 Å². The highest BCUT2D eigenvalue weighted by Gasteiger charge is 2.29. The molecule has 0 N–H and O–H groups in total. The monoisotopic (exact) mass is 374 g/mol. The van der Waals surface area contributed by atoms with Gasteiger partial charge in [0.2, 0.25) is 0 Å². The number of carbonyl (C=O) groups excluding carboxylic acids is 1. The first-order valence-corrected chi connectivity index (χ1v) is 10.2. The second kappa shape index (κ2) is 8.61. The highest BCUT2D eigenvalue weighted by atomic mass is 16.5. The van der Waals surface area contributed by atoms with Gasteiger partial charge in [0, 0.05) is 32.2 Å². The van der Waals surface area contributed by atoms with Gasteiger partial charge in [0.15, 0.2) is 6.61 Å². The van der Waals surface area contributed by atoms with Gasteiger partial charge in [-0.1, -0.05) is 39.0 Å². The molecule has 2 saturated heterocycles. The van der Waals surface area contributed by atoms with Crippen LogP contribution in [0.4, 0.5) is 0 Å². The van der Waals surface area contributed by atoms with E-state index in [4.69, 9.17) is 9.47 Å². The van der Waals surface area contributed by atoms with Crippen molar-refractivity contribution >= 4 is 5.91 Å². The summed E-state index contributed by atoms with van der Waals surface area (Å²) in [7, 11) is 0. The van der Waals surface area contributed by atoms with Crippen LogP contribution in [-0.4, -0.2) is 67.2 Å². The van der Waals surface area contributed by atoms with Gasteiger partial charge in [-0.05, 0) is 36.8 Å².